The molecule has 0 saturated carbocycles. The molecular formula is C57H102N20O18S. The van der Waals surface area contributed by atoms with Gasteiger partial charge in [-0.25, -0.2) is 4.79 Å². The molecule has 0 bridgehead atoms. The molecule has 8 atom stereocenters. The van der Waals surface area contributed by atoms with E-state index in [2.05, 4.69) is 81.7 Å². The van der Waals surface area contributed by atoms with Crippen LogP contribution >= 0.6 is 12.6 Å². The van der Waals surface area contributed by atoms with Gasteiger partial charge in [0.1, 0.15) is 48.3 Å². The molecule has 14 amide bonds. The van der Waals surface area contributed by atoms with E-state index in [0.29, 0.717) is 32.1 Å². The maximum absolute atomic E-state index is 14.4. The van der Waals surface area contributed by atoms with Crippen LogP contribution < -0.4 is 104 Å². The number of nitrogens with one attached hydrogen (secondary N) is 13. The molecule has 0 spiro atoms. The van der Waals surface area contributed by atoms with Gasteiger partial charge in [-0.15, -0.1) is 0 Å². The van der Waals surface area contributed by atoms with E-state index in [-0.39, 0.29) is 154 Å². The van der Waals surface area contributed by atoms with E-state index in [1.807, 2.05) is 0 Å². The fourth-order valence-corrected chi connectivity index (χ4v) is 9.77. The van der Waals surface area contributed by atoms with Crippen molar-refractivity contribution in [1.29, 1.82) is 0 Å². The van der Waals surface area contributed by atoms with Gasteiger partial charge >= 0.3 is 11.9 Å². The van der Waals surface area contributed by atoms with E-state index >= 15 is 0 Å². The highest BCUT2D eigenvalue weighted by molar-refractivity contribution is 7.80. The third-order valence-electron chi connectivity index (χ3n) is 14.8. The number of nitrogens with zero attached hydrogens (tertiary/aromatic N) is 1. The summed E-state index contributed by atoms with van der Waals surface area (Å²) in [5.74, 6) is -13.5. The van der Waals surface area contributed by atoms with E-state index in [1.165, 1.54) is 0 Å². The summed E-state index contributed by atoms with van der Waals surface area (Å²) in [6.07, 6.45) is 1.72. The molecular weight excluding hydrogens is 1280 g/mol. The van der Waals surface area contributed by atoms with Crippen molar-refractivity contribution in [2.45, 2.75) is 170 Å². The van der Waals surface area contributed by atoms with Crippen molar-refractivity contribution in [3.63, 3.8) is 0 Å². The fourth-order valence-electron chi connectivity index (χ4n) is 9.52. The second kappa shape index (κ2) is 50.1. The lowest BCUT2D eigenvalue weighted by atomic mass is 10.0. The maximum atomic E-state index is 14.4. The van der Waals surface area contributed by atoms with Crippen LogP contribution in [0.4, 0.5) is 0 Å². The number of hydrogen-bond acceptors (Lipinski definition) is 23. The summed E-state index contributed by atoms with van der Waals surface area (Å²) in [5, 5.41) is 51.8. The molecule has 39 heteroatoms. The Kier molecular flexibility index (Phi) is 44.7. The van der Waals surface area contributed by atoms with Crippen LogP contribution in [0.2, 0.25) is 0 Å². The summed E-state index contributed by atoms with van der Waals surface area (Å²) < 4.78 is 0. The number of carboxylic acids is 2. The van der Waals surface area contributed by atoms with E-state index in [4.69, 9.17) is 34.4 Å². The van der Waals surface area contributed by atoms with Crippen molar-refractivity contribution in [2.75, 3.05) is 90.8 Å². The van der Waals surface area contributed by atoms with Gasteiger partial charge in [-0.3, -0.25) is 71.9 Å². The Hall–Kier alpha value is -8.37. The predicted molar refractivity (Wildman–Crippen MR) is 348 cm³/mol. The molecule has 1 saturated heterocycles. The number of nitrogens with two attached hydrogens (primary N) is 6. The van der Waals surface area contributed by atoms with Gasteiger partial charge in [0.15, 0.2) is 0 Å². The number of aliphatic carboxylic acids is 2. The lowest BCUT2D eigenvalue weighted by Gasteiger charge is -2.28. The van der Waals surface area contributed by atoms with Crippen LogP contribution in [0.25, 0.3) is 0 Å². The molecule has 0 aliphatic carbocycles. The summed E-state index contributed by atoms with van der Waals surface area (Å²) >= 11 is 3.89. The second-order valence-electron chi connectivity index (χ2n) is 22.4. The van der Waals surface area contributed by atoms with Crippen LogP contribution in [-0.2, 0) is 76.7 Å². The standard InChI is InChI=1S/C57H102N20O18S/c58-20-6-1-12-37(74-52(89)36(70-46(82)30-63)15-4-9-23-66-44(80)28-61)53(90)72-35(14-3-8-22-65-43(79)27-60)51(88)69-32-48(84)77-25-11-17-41(77)56(93)76-38(16-5-10-24-67-45(81)29-62)54(91)75-39(18-19-49(85)86)55(92)73-34(13-2-7-21-64-42(78)26-59)50(87)68-31-47(83)71-40(33-96)57(94)95/h34-41,96H,1-33,58-63H2,(H,64,78)(H,65,79)(H,66,80)(H,67,81)(H,68,87)(H,69,88)(H,70,82)(H,71,83)(H,72,90)(H,73,92)(H,74,89)(H,75,91)(H,76,93)(H,85,86)(H,94,95)/t34-,35-,36-,37-,38-,39-,40-,41-/m0/s1. The number of carbonyl (C=O) groups is 16. The van der Waals surface area contributed by atoms with Crippen LogP contribution in [0.1, 0.15) is 122 Å². The molecule has 1 aliphatic heterocycles. The van der Waals surface area contributed by atoms with Crippen molar-refractivity contribution in [1.82, 2.24) is 74.0 Å². The van der Waals surface area contributed by atoms with Crippen LogP contribution in [0.3, 0.4) is 0 Å². The minimum Gasteiger partial charge on any atom is -0.481 e. The largest absolute Gasteiger partial charge is 0.481 e. The number of hydrogen-bond donors (Lipinski definition) is 22. The van der Waals surface area contributed by atoms with E-state index in [9.17, 15) is 86.9 Å². The number of likely N-dealkylation sites (tertiary alicyclic amines) is 1. The zero-order chi connectivity index (χ0) is 72.0. The third-order valence-corrected chi connectivity index (χ3v) is 15.2. The Bertz CT molecular complexity index is 2580. The normalized spacial score (nSPS) is 14.6. The topological polar surface area (TPSA) is 629 Å². The van der Waals surface area contributed by atoms with Gasteiger partial charge < -0.3 is 119 Å². The van der Waals surface area contributed by atoms with Crippen molar-refractivity contribution in [3.05, 3.63) is 0 Å². The lowest BCUT2D eigenvalue weighted by Crippen LogP contribution is -2.59. The molecule has 1 heterocycles. The average molecular weight is 1390 g/mol. The molecule has 27 N–H and O–H groups in total. The molecule has 0 unspecified atom stereocenters. The predicted octanol–water partition coefficient (Wildman–Crippen LogP) is -9.45. The third kappa shape index (κ3) is 36.5. The first-order chi connectivity index (χ1) is 45.8. The van der Waals surface area contributed by atoms with Crippen molar-refractivity contribution < 1.29 is 86.9 Å². The summed E-state index contributed by atoms with van der Waals surface area (Å²) in [6.45, 7) is -2.19. The Balaban J connectivity index is 3.55. The molecule has 0 aromatic rings. The molecule has 0 aromatic heterocycles. The summed E-state index contributed by atoms with van der Waals surface area (Å²) in [6, 6.07) is -11.1. The molecule has 38 nitrogen and oxygen atoms in total. The van der Waals surface area contributed by atoms with Crippen molar-refractivity contribution in [2.24, 2.45) is 34.4 Å². The Morgan fingerprint density at radius 1 is 0.385 bits per heavy atom. The van der Waals surface area contributed by atoms with Gasteiger partial charge in [-0.1, -0.05) is 0 Å². The Morgan fingerprint density at radius 2 is 0.729 bits per heavy atom. The Morgan fingerprint density at radius 3 is 1.09 bits per heavy atom. The van der Waals surface area contributed by atoms with Crippen LogP contribution in [0, 0.1) is 0 Å². The first kappa shape index (κ1) is 85.6. The van der Waals surface area contributed by atoms with Crippen LogP contribution in [0.15, 0.2) is 0 Å². The highest BCUT2D eigenvalue weighted by Gasteiger charge is 2.38. The number of carboxylic acid groups (broad SMARTS) is 2. The first-order valence-corrected chi connectivity index (χ1v) is 32.7. The number of thiol groups is 1. The van der Waals surface area contributed by atoms with Gasteiger partial charge in [-0.2, -0.15) is 12.6 Å². The van der Waals surface area contributed by atoms with Crippen LogP contribution in [0.5, 0.6) is 0 Å². The van der Waals surface area contributed by atoms with E-state index in [0.717, 1.165) is 4.90 Å². The molecule has 0 aromatic carbocycles. The molecule has 1 fully saturated rings. The number of rotatable bonds is 52. The van der Waals surface area contributed by atoms with Gasteiger partial charge in [-0.05, 0) is 122 Å². The average Bonchev–Trinajstić information content (AvgIpc) is 1.63. The molecule has 544 valence electrons. The van der Waals surface area contributed by atoms with E-state index in [1.54, 1.807) is 0 Å². The molecule has 1 rings (SSSR count). The van der Waals surface area contributed by atoms with Gasteiger partial charge in [0.05, 0.1) is 45.8 Å². The zero-order valence-electron chi connectivity index (χ0n) is 54.2. The highest BCUT2D eigenvalue weighted by atomic mass is 32.1. The Labute approximate surface area is 561 Å². The molecule has 1 aliphatic rings. The summed E-state index contributed by atoms with van der Waals surface area (Å²) in [7, 11) is 0. The second-order valence-corrected chi connectivity index (χ2v) is 22.7. The lowest BCUT2D eigenvalue weighted by molar-refractivity contribution is -0.141. The summed E-state index contributed by atoms with van der Waals surface area (Å²) in [4.78, 5) is 209. The molecule has 96 heavy (non-hydrogen) atoms. The monoisotopic (exact) mass is 1390 g/mol. The first-order valence-electron chi connectivity index (χ1n) is 32.1. The smallest absolute Gasteiger partial charge is 0.327 e. The summed E-state index contributed by atoms with van der Waals surface area (Å²) in [5.41, 5.74) is 32.8. The fraction of sp³-hybridized carbons (Fsp3) is 0.719. The van der Waals surface area contributed by atoms with Gasteiger partial charge in [0.25, 0.3) is 0 Å². The van der Waals surface area contributed by atoms with Crippen molar-refractivity contribution >= 4 is 107 Å². The van der Waals surface area contributed by atoms with Crippen LogP contribution in [-0.4, -0.2) is 249 Å². The minimum atomic E-state index is -1.70. The highest BCUT2D eigenvalue weighted by Crippen LogP contribution is 2.19. The minimum absolute atomic E-state index is 0.00135. The molecule has 0 radical (unpaired) electrons. The SMILES string of the molecule is NCCCC[C@H](NC(=O)[C@H](CCCCNC(=O)CN)NC(=O)CN)C(=O)N[C@@H](CCCCNC(=O)CN)C(=O)NCC(=O)N1CCC[C@H]1C(=O)N[C@@H](CCCCNC(=O)CN)C(=O)N[C@@H](CCC(=O)O)C(=O)N[C@@H](CCCCNC(=O)CN)C(=O)NCC(=O)N[C@@H](CS)C(=O)O. The number of carbonyl (C=O) groups excluding carboxylic acids is 14. The van der Waals surface area contributed by atoms with Crippen molar-refractivity contribution in [3.8, 4) is 0 Å². The number of unbranched alkanes of at least 4 members (excludes halogenated alkanes) is 5. The van der Waals surface area contributed by atoms with Gasteiger partial charge in [0, 0.05) is 44.9 Å². The quantitative estimate of drug-likeness (QED) is 0.0199. The van der Waals surface area contributed by atoms with E-state index < -0.39 is 170 Å². The number of amides is 14. The van der Waals surface area contributed by atoms with Gasteiger partial charge in [0.2, 0.25) is 82.7 Å². The maximum Gasteiger partial charge on any atom is 0.327 e. The zero-order valence-corrected chi connectivity index (χ0v) is 55.1.